The molecule has 0 saturated carbocycles. The Labute approximate surface area is 119 Å². The van der Waals surface area contributed by atoms with Crippen LogP contribution in [0.1, 0.15) is 16.5 Å². The maximum atomic E-state index is 13.5. The van der Waals surface area contributed by atoms with E-state index < -0.39 is 0 Å². The third kappa shape index (κ3) is 3.19. The lowest BCUT2D eigenvalue weighted by Crippen LogP contribution is -2.00. The minimum Gasteiger partial charge on any atom is -0.207 e. The molecule has 0 N–H and O–H groups in total. The Kier molecular flexibility index (Phi) is 4.40. The summed E-state index contributed by atoms with van der Waals surface area (Å²) in [6.45, 7) is 0. The molecule has 0 aliphatic rings. The Morgan fingerprint density at radius 3 is 2.41 bits per heavy atom. The van der Waals surface area contributed by atoms with Crippen LogP contribution in [0.25, 0.3) is 0 Å². The van der Waals surface area contributed by atoms with Gasteiger partial charge in [-0.15, -0.1) is 11.6 Å². The highest BCUT2D eigenvalue weighted by atomic mass is 127. The first kappa shape index (κ1) is 12.8. The molecule has 0 saturated heterocycles. The topological polar surface area (TPSA) is 0 Å². The number of alkyl halides is 1. The Balaban J connectivity index is 2.20. The molecule has 0 fully saturated rings. The van der Waals surface area contributed by atoms with E-state index in [1.807, 2.05) is 30.3 Å². The van der Waals surface area contributed by atoms with E-state index in [0.717, 1.165) is 9.13 Å². The van der Waals surface area contributed by atoms with Crippen LogP contribution in [0.5, 0.6) is 0 Å². The van der Waals surface area contributed by atoms with Gasteiger partial charge in [-0.2, -0.15) is 0 Å². The Morgan fingerprint density at radius 2 is 1.71 bits per heavy atom. The van der Waals surface area contributed by atoms with Gasteiger partial charge in [0.25, 0.3) is 0 Å². The second-order valence-electron chi connectivity index (χ2n) is 3.78. The summed E-state index contributed by atoms with van der Waals surface area (Å²) in [4.78, 5) is 0. The summed E-state index contributed by atoms with van der Waals surface area (Å²) in [7, 11) is 0. The van der Waals surface area contributed by atoms with E-state index in [0.29, 0.717) is 12.0 Å². The molecule has 0 bridgehead atoms. The Bertz CT molecular complexity index is 513. The minimum atomic E-state index is -0.194. The zero-order chi connectivity index (χ0) is 12.3. The number of hydrogen-bond acceptors (Lipinski definition) is 0. The molecule has 0 spiro atoms. The van der Waals surface area contributed by atoms with Gasteiger partial charge < -0.3 is 0 Å². The highest BCUT2D eigenvalue weighted by Gasteiger charge is 2.13. The van der Waals surface area contributed by atoms with Crippen molar-refractivity contribution in [2.24, 2.45) is 0 Å². The summed E-state index contributed by atoms with van der Waals surface area (Å²) >= 11 is 8.60. The van der Waals surface area contributed by atoms with E-state index in [4.69, 9.17) is 11.6 Å². The smallest absolute Gasteiger partial charge is 0.126 e. The molecule has 1 unspecified atom stereocenters. The summed E-state index contributed by atoms with van der Waals surface area (Å²) in [5.74, 6) is -0.191. The van der Waals surface area contributed by atoms with Gasteiger partial charge in [0.05, 0.1) is 5.38 Å². The van der Waals surface area contributed by atoms with Crippen LogP contribution < -0.4 is 0 Å². The van der Waals surface area contributed by atoms with Crippen LogP contribution in [0.15, 0.2) is 48.5 Å². The third-order valence-electron chi connectivity index (χ3n) is 2.60. The molecule has 0 radical (unpaired) electrons. The van der Waals surface area contributed by atoms with Gasteiger partial charge in [0.2, 0.25) is 0 Å². The lowest BCUT2D eigenvalue weighted by atomic mass is 10.0. The van der Waals surface area contributed by atoms with Crippen molar-refractivity contribution in [3.63, 3.8) is 0 Å². The monoisotopic (exact) mass is 360 g/mol. The van der Waals surface area contributed by atoms with Crippen LogP contribution in [0.4, 0.5) is 4.39 Å². The van der Waals surface area contributed by atoms with E-state index in [1.54, 1.807) is 12.1 Å². The minimum absolute atomic E-state index is 0.191. The standard InChI is InChI=1S/C14H11ClFI/c15-12(11-6-2-4-8-14(11)17)9-10-5-1-3-7-13(10)16/h1-8,12H,9H2. The third-order valence-corrected chi connectivity index (χ3v) is 3.97. The molecule has 3 heteroatoms. The van der Waals surface area contributed by atoms with Crippen molar-refractivity contribution in [2.75, 3.05) is 0 Å². The predicted octanol–water partition coefficient (Wildman–Crippen LogP) is 4.95. The van der Waals surface area contributed by atoms with Gasteiger partial charge in [-0.25, -0.2) is 4.39 Å². The van der Waals surface area contributed by atoms with Crippen LogP contribution in [0.3, 0.4) is 0 Å². The molecule has 17 heavy (non-hydrogen) atoms. The van der Waals surface area contributed by atoms with Gasteiger partial charge in [-0.3, -0.25) is 0 Å². The summed E-state index contributed by atoms with van der Waals surface area (Å²) < 4.78 is 14.6. The average Bonchev–Trinajstić information content (AvgIpc) is 2.32. The Hall–Kier alpha value is -0.610. The number of halogens is 3. The largest absolute Gasteiger partial charge is 0.207 e. The second kappa shape index (κ2) is 5.83. The van der Waals surface area contributed by atoms with Gasteiger partial charge in [0.15, 0.2) is 0 Å². The summed E-state index contributed by atoms with van der Waals surface area (Å²) in [5, 5.41) is -0.194. The van der Waals surface area contributed by atoms with Crippen LogP contribution in [-0.2, 0) is 6.42 Å². The molecular formula is C14H11ClFI. The van der Waals surface area contributed by atoms with Crippen LogP contribution in [-0.4, -0.2) is 0 Å². The quantitative estimate of drug-likeness (QED) is 0.536. The van der Waals surface area contributed by atoms with Crippen molar-refractivity contribution in [1.82, 2.24) is 0 Å². The van der Waals surface area contributed by atoms with Gasteiger partial charge in [-0.05, 0) is 52.3 Å². The molecule has 0 amide bonds. The molecule has 2 aromatic carbocycles. The lowest BCUT2D eigenvalue weighted by Gasteiger charge is -2.12. The highest BCUT2D eigenvalue weighted by Crippen LogP contribution is 2.29. The maximum absolute atomic E-state index is 13.5. The number of rotatable bonds is 3. The normalized spacial score (nSPS) is 12.4. The first-order chi connectivity index (χ1) is 8.18. The molecule has 0 nitrogen and oxygen atoms in total. The zero-order valence-electron chi connectivity index (χ0n) is 9.04. The Morgan fingerprint density at radius 1 is 1.06 bits per heavy atom. The molecule has 1 atom stereocenters. The van der Waals surface area contributed by atoms with E-state index in [2.05, 4.69) is 22.6 Å². The summed E-state index contributed by atoms with van der Waals surface area (Å²) in [6.07, 6.45) is 0.508. The lowest BCUT2D eigenvalue weighted by molar-refractivity contribution is 0.607. The molecule has 0 aromatic heterocycles. The van der Waals surface area contributed by atoms with Crippen molar-refractivity contribution in [3.05, 3.63) is 69.0 Å². The van der Waals surface area contributed by atoms with E-state index in [9.17, 15) is 4.39 Å². The van der Waals surface area contributed by atoms with Crippen LogP contribution in [0.2, 0.25) is 0 Å². The molecule has 2 rings (SSSR count). The molecule has 0 aliphatic carbocycles. The van der Waals surface area contributed by atoms with Gasteiger partial charge in [0, 0.05) is 3.57 Å². The van der Waals surface area contributed by atoms with E-state index in [1.165, 1.54) is 6.07 Å². The number of benzene rings is 2. The fourth-order valence-corrected chi connectivity index (χ4v) is 3.00. The van der Waals surface area contributed by atoms with Gasteiger partial charge >= 0.3 is 0 Å². The highest BCUT2D eigenvalue weighted by molar-refractivity contribution is 14.1. The fourth-order valence-electron chi connectivity index (χ4n) is 1.70. The van der Waals surface area contributed by atoms with Crippen molar-refractivity contribution < 1.29 is 4.39 Å². The SMILES string of the molecule is Fc1ccccc1CC(Cl)c1ccccc1I. The van der Waals surface area contributed by atoms with E-state index in [-0.39, 0.29) is 11.2 Å². The van der Waals surface area contributed by atoms with Crippen molar-refractivity contribution in [2.45, 2.75) is 11.8 Å². The molecular weight excluding hydrogens is 350 g/mol. The first-order valence-electron chi connectivity index (χ1n) is 5.30. The van der Waals surface area contributed by atoms with Gasteiger partial charge in [0.1, 0.15) is 5.82 Å². The fraction of sp³-hybridized carbons (Fsp3) is 0.143. The molecule has 88 valence electrons. The summed E-state index contributed by atoms with van der Waals surface area (Å²) in [6, 6.07) is 14.7. The average molecular weight is 361 g/mol. The van der Waals surface area contributed by atoms with Crippen molar-refractivity contribution in [3.8, 4) is 0 Å². The van der Waals surface area contributed by atoms with Crippen molar-refractivity contribution >= 4 is 34.2 Å². The first-order valence-corrected chi connectivity index (χ1v) is 6.82. The van der Waals surface area contributed by atoms with Crippen LogP contribution in [0, 0.1) is 9.39 Å². The summed E-state index contributed by atoms with van der Waals surface area (Å²) in [5.41, 5.74) is 1.71. The van der Waals surface area contributed by atoms with E-state index >= 15 is 0 Å². The molecule has 0 heterocycles. The second-order valence-corrected chi connectivity index (χ2v) is 5.47. The molecule has 2 aromatic rings. The maximum Gasteiger partial charge on any atom is 0.126 e. The van der Waals surface area contributed by atoms with Crippen LogP contribution >= 0.6 is 34.2 Å². The number of hydrogen-bond donors (Lipinski definition) is 0. The van der Waals surface area contributed by atoms with Crippen molar-refractivity contribution in [1.29, 1.82) is 0 Å². The zero-order valence-corrected chi connectivity index (χ0v) is 12.0. The van der Waals surface area contributed by atoms with Gasteiger partial charge in [-0.1, -0.05) is 36.4 Å². The predicted molar refractivity (Wildman–Crippen MR) is 77.9 cm³/mol. The molecule has 0 aliphatic heterocycles.